The molecule has 2 aromatic rings. The standard InChI is InChI=1S/C12H14N2O3S.C7H7NO4S/c1-2-9-14-12(15)8-5-10-3-6-11(7-4-10)18(13,16)17;8-13(9,10)5-1-2-6-7(3-5)12-4-11-6/h1,3-4,6-7H,5,8-9H2,(H,14,15)(H2,13,16,17);1-3H,4H2,(H2,8,9,10). The normalized spacial score (nSPS) is 12.3. The van der Waals surface area contributed by atoms with E-state index in [0.29, 0.717) is 24.3 Å². The molecule has 5 N–H and O–H groups in total. The van der Waals surface area contributed by atoms with Crippen LogP contribution < -0.4 is 25.1 Å². The lowest BCUT2D eigenvalue weighted by molar-refractivity contribution is -0.120. The molecule has 1 amide bonds. The van der Waals surface area contributed by atoms with Crippen molar-refractivity contribution < 1.29 is 31.1 Å². The molecule has 0 atom stereocenters. The Morgan fingerprint density at radius 1 is 0.968 bits per heavy atom. The van der Waals surface area contributed by atoms with Gasteiger partial charge in [-0.2, -0.15) is 0 Å². The number of amides is 1. The van der Waals surface area contributed by atoms with Crippen LogP contribution in [0.4, 0.5) is 0 Å². The highest BCUT2D eigenvalue weighted by molar-refractivity contribution is 7.89. The Bertz CT molecular complexity index is 1190. The molecule has 2 aromatic carbocycles. The summed E-state index contributed by atoms with van der Waals surface area (Å²) in [5.41, 5.74) is 0.859. The molecule has 10 nitrogen and oxygen atoms in total. The summed E-state index contributed by atoms with van der Waals surface area (Å²) in [5.74, 6) is 3.12. The van der Waals surface area contributed by atoms with Gasteiger partial charge in [-0.1, -0.05) is 18.1 Å². The van der Waals surface area contributed by atoms with Gasteiger partial charge < -0.3 is 14.8 Å². The van der Waals surface area contributed by atoms with Crippen molar-refractivity contribution in [1.82, 2.24) is 5.32 Å². The molecular weight excluding hydrogens is 446 g/mol. The van der Waals surface area contributed by atoms with Crippen molar-refractivity contribution in [3.63, 3.8) is 0 Å². The Hall–Kier alpha value is -3.11. The van der Waals surface area contributed by atoms with Crippen LogP contribution in [0, 0.1) is 12.3 Å². The minimum absolute atomic E-state index is 0.0248. The topological polar surface area (TPSA) is 168 Å². The molecule has 12 heteroatoms. The van der Waals surface area contributed by atoms with Gasteiger partial charge in [0.2, 0.25) is 32.7 Å². The number of hydrogen-bond acceptors (Lipinski definition) is 7. The second-order valence-electron chi connectivity index (χ2n) is 6.23. The maximum absolute atomic E-state index is 11.3. The van der Waals surface area contributed by atoms with Gasteiger partial charge in [-0.15, -0.1) is 6.42 Å². The van der Waals surface area contributed by atoms with E-state index in [1.54, 1.807) is 12.1 Å². The Kier molecular flexibility index (Phi) is 8.01. The fourth-order valence-electron chi connectivity index (χ4n) is 2.40. The smallest absolute Gasteiger partial charge is 0.238 e. The van der Waals surface area contributed by atoms with Crippen molar-refractivity contribution in [2.24, 2.45) is 10.3 Å². The third-order valence-electron chi connectivity index (χ3n) is 3.95. The Morgan fingerprint density at radius 3 is 2.13 bits per heavy atom. The number of carbonyl (C=O) groups excluding carboxylic acids is 1. The highest BCUT2D eigenvalue weighted by Crippen LogP contribution is 2.33. The van der Waals surface area contributed by atoms with Crippen molar-refractivity contribution in [1.29, 1.82) is 0 Å². The molecule has 1 aliphatic rings. The number of benzene rings is 2. The molecule has 0 aromatic heterocycles. The maximum atomic E-state index is 11.3. The largest absolute Gasteiger partial charge is 0.454 e. The Morgan fingerprint density at radius 2 is 1.55 bits per heavy atom. The highest BCUT2D eigenvalue weighted by atomic mass is 32.2. The summed E-state index contributed by atoms with van der Waals surface area (Å²) in [5, 5.41) is 12.4. The van der Waals surface area contributed by atoms with Crippen LogP contribution in [-0.2, 0) is 31.3 Å². The zero-order valence-corrected chi connectivity index (χ0v) is 17.9. The Balaban J connectivity index is 0.000000231. The van der Waals surface area contributed by atoms with Crippen molar-refractivity contribution in [3.8, 4) is 23.8 Å². The molecule has 3 rings (SSSR count). The van der Waals surface area contributed by atoms with Gasteiger partial charge in [0.15, 0.2) is 11.5 Å². The predicted octanol–water partition coefficient (Wildman–Crippen LogP) is 0.0787. The summed E-state index contributed by atoms with van der Waals surface area (Å²) in [6.07, 6.45) is 5.83. The van der Waals surface area contributed by atoms with Crippen molar-refractivity contribution in [2.75, 3.05) is 13.3 Å². The molecule has 0 bridgehead atoms. The molecule has 0 fully saturated rings. The first kappa shape index (κ1) is 24.2. The van der Waals surface area contributed by atoms with Crippen molar-refractivity contribution in [2.45, 2.75) is 22.6 Å². The number of nitrogens with two attached hydrogens (primary N) is 2. The van der Waals surface area contributed by atoms with E-state index in [0.717, 1.165) is 5.56 Å². The summed E-state index contributed by atoms with van der Waals surface area (Å²) < 4.78 is 53.9. The van der Waals surface area contributed by atoms with E-state index >= 15 is 0 Å². The molecule has 0 unspecified atom stereocenters. The van der Waals surface area contributed by atoms with Gasteiger partial charge >= 0.3 is 0 Å². The number of primary sulfonamides is 2. The van der Waals surface area contributed by atoms with Gasteiger partial charge in [0, 0.05) is 12.5 Å². The Labute approximate surface area is 180 Å². The molecule has 166 valence electrons. The maximum Gasteiger partial charge on any atom is 0.238 e. The number of aryl methyl sites for hydroxylation is 1. The highest BCUT2D eigenvalue weighted by Gasteiger charge is 2.17. The average molecular weight is 468 g/mol. The van der Waals surface area contributed by atoms with E-state index in [1.165, 1.54) is 30.3 Å². The number of terminal acetylenes is 1. The monoisotopic (exact) mass is 467 g/mol. The fourth-order valence-corrected chi connectivity index (χ4v) is 3.44. The summed E-state index contributed by atoms with van der Waals surface area (Å²) in [4.78, 5) is 11.4. The molecule has 0 aliphatic carbocycles. The third-order valence-corrected chi connectivity index (χ3v) is 5.79. The summed E-state index contributed by atoms with van der Waals surface area (Å²) in [6, 6.07) is 10.3. The zero-order chi connectivity index (χ0) is 23.1. The quantitative estimate of drug-likeness (QED) is 0.505. The van der Waals surface area contributed by atoms with Crippen LogP contribution in [0.2, 0.25) is 0 Å². The molecule has 1 aliphatic heterocycles. The average Bonchev–Trinajstić information content (AvgIpc) is 3.18. The van der Waals surface area contributed by atoms with Crippen LogP contribution in [0.15, 0.2) is 52.3 Å². The predicted molar refractivity (Wildman–Crippen MR) is 112 cm³/mol. The molecule has 0 radical (unpaired) electrons. The number of sulfonamides is 2. The lowest BCUT2D eigenvalue weighted by atomic mass is 10.1. The molecule has 1 heterocycles. The van der Waals surface area contributed by atoms with E-state index < -0.39 is 20.0 Å². The minimum Gasteiger partial charge on any atom is -0.454 e. The van der Waals surface area contributed by atoms with E-state index in [-0.39, 0.29) is 29.0 Å². The first-order valence-electron chi connectivity index (χ1n) is 8.75. The number of fused-ring (bicyclic) bond motifs is 1. The van der Waals surface area contributed by atoms with Crippen LogP contribution in [-0.4, -0.2) is 36.1 Å². The number of carbonyl (C=O) groups is 1. The first-order valence-corrected chi connectivity index (χ1v) is 11.8. The lowest BCUT2D eigenvalue weighted by Crippen LogP contribution is -2.23. The number of hydrogen-bond donors (Lipinski definition) is 3. The second kappa shape index (κ2) is 10.3. The van der Waals surface area contributed by atoms with Crippen LogP contribution >= 0.6 is 0 Å². The van der Waals surface area contributed by atoms with Gasteiger partial charge in [-0.3, -0.25) is 4.79 Å². The van der Waals surface area contributed by atoms with Crippen molar-refractivity contribution in [3.05, 3.63) is 48.0 Å². The van der Waals surface area contributed by atoms with E-state index in [4.69, 9.17) is 26.2 Å². The molecule has 0 saturated heterocycles. The SMILES string of the molecule is C#CCNC(=O)CCc1ccc(S(N)(=O)=O)cc1.NS(=O)(=O)c1ccc2c(c1)OCO2. The first-order chi connectivity index (χ1) is 14.5. The van der Waals surface area contributed by atoms with Crippen molar-refractivity contribution >= 4 is 26.0 Å². The van der Waals surface area contributed by atoms with Gasteiger partial charge in [0.1, 0.15) is 0 Å². The summed E-state index contributed by atoms with van der Waals surface area (Å²) in [6.45, 7) is 0.326. The van der Waals surface area contributed by atoms with E-state index in [2.05, 4.69) is 11.2 Å². The summed E-state index contributed by atoms with van der Waals surface area (Å²) in [7, 11) is -7.32. The summed E-state index contributed by atoms with van der Waals surface area (Å²) >= 11 is 0. The lowest BCUT2D eigenvalue weighted by Gasteiger charge is -2.03. The zero-order valence-electron chi connectivity index (χ0n) is 16.3. The molecule has 31 heavy (non-hydrogen) atoms. The van der Waals surface area contributed by atoms with Gasteiger partial charge in [-0.25, -0.2) is 27.1 Å². The van der Waals surface area contributed by atoms with Crippen LogP contribution in [0.1, 0.15) is 12.0 Å². The number of ether oxygens (including phenoxy) is 2. The van der Waals surface area contributed by atoms with Crippen LogP contribution in [0.3, 0.4) is 0 Å². The minimum atomic E-state index is -3.66. The molecule has 0 spiro atoms. The third kappa shape index (κ3) is 7.58. The number of rotatable bonds is 6. The second-order valence-corrected chi connectivity index (χ2v) is 9.35. The van der Waals surface area contributed by atoms with Gasteiger partial charge in [0.05, 0.1) is 16.3 Å². The fraction of sp³-hybridized carbons (Fsp3) is 0.211. The molecular formula is C19H21N3O7S2. The molecule has 0 saturated carbocycles. The van der Waals surface area contributed by atoms with Gasteiger partial charge in [-0.05, 0) is 36.2 Å². The van der Waals surface area contributed by atoms with Gasteiger partial charge in [0.25, 0.3) is 0 Å². The van der Waals surface area contributed by atoms with E-state index in [1.807, 2.05) is 0 Å². The van der Waals surface area contributed by atoms with E-state index in [9.17, 15) is 21.6 Å². The number of nitrogens with one attached hydrogen (secondary N) is 1. The van der Waals surface area contributed by atoms with Crippen LogP contribution in [0.5, 0.6) is 11.5 Å². The van der Waals surface area contributed by atoms with Crippen LogP contribution in [0.25, 0.3) is 0 Å².